The lowest BCUT2D eigenvalue weighted by Crippen LogP contribution is -2.30. The van der Waals surface area contributed by atoms with E-state index in [0.29, 0.717) is 11.8 Å². The van der Waals surface area contributed by atoms with E-state index in [1.165, 1.54) is 0 Å². The van der Waals surface area contributed by atoms with Crippen molar-refractivity contribution >= 4 is 22.6 Å². The Hall–Kier alpha value is -3.87. The van der Waals surface area contributed by atoms with Crippen molar-refractivity contribution in [1.82, 2.24) is 9.97 Å². The predicted molar refractivity (Wildman–Crippen MR) is 110 cm³/mol. The molecule has 1 aromatic heterocycles. The molecule has 1 amide bonds. The van der Waals surface area contributed by atoms with Crippen LogP contribution in [0.2, 0.25) is 0 Å². The molecule has 30 heavy (non-hydrogen) atoms. The van der Waals surface area contributed by atoms with Crippen molar-refractivity contribution in [2.24, 2.45) is 0 Å². The van der Waals surface area contributed by atoms with Gasteiger partial charge in [0.15, 0.2) is 6.10 Å². The molecule has 1 unspecified atom stereocenters. The number of nitrogens with zero attached hydrogens (tertiary/aromatic N) is 2. The van der Waals surface area contributed by atoms with Crippen molar-refractivity contribution in [3.05, 3.63) is 84.6 Å². The van der Waals surface area contributed by atoms with Crippen LogP contribution in [0.25, 0.3) is 22.3 Å². The summed E-state index contributed by atoms with van der Waals surface area (Å²) in [5.41, 5.74) is 3.08. The van der Waals surface area contributed by atoms with Crippen LogP contribution in [0, 0.1) is 11.6 Å². The summed E-state index contributed by atoms with van der Waals surface area (Å²) in [6, 6.07) is 17.6. The largest absolute Gasteiger partial charge is 0.481 e. The van der Waals surface area contributed by atoms with E-state index in [-0.39, 0.29) is 5.69 Å². The lowest BCUT2D eigenvalue weighted by Gasteiger charge is -2.15. The van der Waals surface area contributed by atoms with E-state index in [0.717, 1.165) is 34.4 Å². The Morgan fingerprint density at radius 1 is 1.00 bits per heavy atom. The van der Waals surface area contributed by atoms with Crippen LogP contribution in [0.5, 0.6) is 5.75 Å². The highest BCUT2D eigenvalue weighted by Gasteiger charge is 2.17. The Balaban J connectivity index is 1.43. The molecule has 0 spiro atoms. The van der Waals surface area contributed by atoms with Gasteiger partial charge in [-0.15, -0.1) is 0 Å². The Kier molecular flexibility index (Phi) is 5.34. The normalized spacial score (nSPS) is 11.8. The van der Waals surface area contributed by atoms with Crippen LogP contribution in [0.4, 0.5) is 14.5 Å². The molecule has 150 valence electrons. The first kappa shape index (κ1) is 19.4. The van der Waals surface area contributed by atoms with Crippen LogP contribution in [0.15, 0.2) is 72.9 Å². The average molecular weight is 405 g/mol. The number of amides is 1. The van der Waals surface area contributed by atoms with E-state index in [4.69, 9.17) is 4.74 Å². The molecule has 0 radical (unpaired) electrons. The first-order valence-electron chi connectivity index (χ1n) is 9.24. The summed E-state index contributed by atoms with van der Waals surface area (Å²) >= 11 is 0. The summed E-state index contributed by atoms with van der Waals surface area (Å²) in [6.45, 7) is 1.54. The topological polar surface area (TPSA) is 64.1 Å². The number of halogens is 2. The third-order valence-corrected chi connectivity index (χ3v) is 4.47. The van der Waals surface area contributed by atoms with E-state index in [9.17, 15) is 13.6 Å². The number of nitrogens with one attached hydrogen (secondary N) is 1. The van der Waals surface area contributed by atoms with Crippen molar-refractivity contribution in [1.29, 1.82) is 0 Å². The highest BCUT2D eigenvalue weighted by Crippen LogP contribution is 2.23. The fourth-order valence-corrected chi connectivity index (χ4v) is 2.88. The molecule has 5 nitrogen and oxygen atoms in total. The first-order valence-corrected chi connectivity index (χ1v) is 9.24. The van der Waals surface area contributed by atoms with Crippen molar-refractivity contribution in [3.8, 4) is 17.0 Å². The zero-order valence-corrected chi connectivity index (χ0v) is 16.0. The van der Waals surface area contributed by atoms with Crippen molar-refractivity contribution < 1.29 is 18.3 Å². The summed E-state index contributed by atoms with van der Waals surface area (Å²) < 4.78 is 32.3. The number of hydrogen-bond acceptors (Lipinski definition) is 4. The second-order valence-electron chi connectivity index (χ2n) is 6.64. The quantitative estimate of drug-likeness (QED) is 0.509. The zero-order chi connectivity index (χ0) is 21.1. The smallest absolute Gasteiger partial charge is 0.265 e. The summed E-state index contributed by atoms with van der Waals surface area (Å²) in [6.07, 6.45) is 0.812. The molecule has 0 saturated heterocycles. The molecular formula is C23H17F2N3O2. The summed E-state index contributed by atoms with van der Waals surface area (Å²) in [5.74, 6) is -1.65. The van der Waals surface area contributed by atoms with Crippen LogP contribution >= 0.6 is 0 Å². The fourth-order valence-electron chi connectivity index (χ4n) is 2.88. The fraction of sp³-hybridized carbons (Fsp3) is 0.0870. The molecular weight excluding hydrogens is 388 g/mol. The highest BCUT2D eigenvalue weighted by molar-refractivity contribution is 5.94. The van der Waals surface area contributed by atoms with Gasteiger partial charge in [0.25, 0.3) is 5.91 Å². The predicted octanol–water partition coefficient (Wildman–Crippen LogP) is 4.98. The Bertz CT molecular complexity index is 1210. The standard InChI is InChI=1S/C23H17F2N3O2/c1-14(23(29)28-19-11-8-16(24)12-18(19)25)30-17-9-6-15(7-10-17)22-13-26-20-4-2-3-5-21(20)27-22/h2-14H,1H3,(H,28,29). The molecule has 0 aliphatic rings. The monoisotopic (exact) mass is 405 g/mol. The maximum absolute atomic E-state index is 13.7. The van der Waals surface area contributed by atoms with Gasteiger partial charge >= 0.3 is 0 Å². The highest BCUT2D eigenvalue weighted by atomic mass is 19.1. The van der Waals surface area contributed by atoms with Gasteiger partial charge in [0, 0.05) is 11.6 Å². The number of fused-ring (bicyclic) bond motifs is 1. The number of ether oxygens (including phenoxy) is 1. The minimum Gasteiger partial charge on any atom is -0.481 e. The number of para-hydroxylation sites is 2. The Morgan fingerprint density at radius 2 is 1.73 bits per heavy atom. The number of aromatic nitrogens is 2. The maximum Gasteiger partial charge on any atom is 0.265 e. The number of benzene rings is 3. The summed E-state index contributed by atoms with van der Waals surface area (Å²) in [4.78, 5) is 21.3. The van der Waals surface area contributed by atoms with Crippen molar-refractivity contribution in [2.75, 3.05) is 5.32 Å². The lowest BCUT2D eigenvalue weighted by molar-refractivity contribution is -0.122. The van der Waals surface area contributed by atoms with E-state index in [2.05, 4.69) is 15.3 Å². The number of anilines is 1. The van der Waals surface area contributed by atoms with Gasteiger partial charge < -0.3 is 10.1 Å². The molecule has 4 aromatic rings. The number of carbonyl (C=O) groups is 1. The average Bonchev–Trinajstić information content (AvgIpc) is 2.76. The van der Waals surface area contributed by atoms with Gasteiger partial charge in [-0.3, -0.25) is 9.78 Å². The molecule has 7 heteroatoms. The zero-order valence-electron chi connectivity index (χ0n) is 16.0. The molecule has 1 atom stereocenters. The molecule has 4 rings (SSSR count). The molecule has 0 aliphatic carbocycles. The van der Waals surface area contributed by atoms with E-state index < -0.39 is 23.6 Å². The van der Waals surface area contributed by atoms with E-state index in [1.807, 2.05) is 36.4 Å². The molecule has 0 saturated carbocycles. The van der Waals surface area contributed by atoms with Crippen LogP contribution < -0.4 is 10.1 Å². The van der Waals surface area contributed by atoms with Crippen LogP contribution in [0.3, 0.4) is 0 Å². The maximum atomic E-state index is 13.7. The first-order chi connectivity index (χ1) is 14.5. The van der Waals surface area contributed by atoms with Crippen LogP contribution in [-0.2, 0) is 4.79 Å². The number of carbonyl (C=O) groups excluding carboxylic acids is 1. The van der Waals surface area contributed by atoms with Crippen molar-refractivity contribution in [3.63, 3.8) is 0 Å². The molecule has 1 N–H and O–H groups in total. The van der Waals surface area contributed by atoms with Gasteiger partial charge in [0.1, 0.15) is 17.4 Å². The van der Waals surface area contributed by atoms with Gasteiger partial charge in [0.05, 0.1) is 28.6 Å². The molecule has 0 fully saturated rings. The lowest BCUT2D eigenvalue weighted by atomic mass is 10.1. The molecule has 0 aliphatic heterocycles. The second kappa shape index (κ2) is 8.24. The van der Waals surface area contributed by atoms with Gasteiger partial charge in [-0.2, -0.15) is 0 Å². The third kappa shape index (κ3) is 4.25. The second-order valence-corrected chi connectivity index (χ2v) is 6.64. The van der Waals surface area contributed by atoms with Gasteiger partial charge in [-0.1, -0.05) is 12.1 Å². The minimum atomic E-state index is -0.888. The number of rotatable bonds is 5. The molecule has 1 heterocycles. The molecule has 3 aromatic carbocycles. The summed E-state index contributed by atoms with van der Waals surface area (Å²) in [5, 5.41) is 2.39. The third-order valence-electron chi connectivity index (χ3n) is 4.47. The van der Waals surface area contributed by atoms with E-state index >= 15 is 0 Å². The van der Waals surface area contributed by atoms with Crippen LogP contribution in [-0.4, -0.2) is 22.0 Å². The van der Waals surface area contributed by atoms with E-state index in [1.54, 1.807) is 25.3 Å². The van der Waals surface area contributed by atoms with Gasteiger partial charge in [-0.25, -0.2) is 13.8 Å². The minimum absolute atomic E-state index is 0.109. The summed E-state index contributed by atoms with van der Waals surface area (Å²) in [7, 11) is 0. The SMILES string of the molecule is CC(Oc1ccc(-c2cnc3ccccc3n2)cc1)C(=O)Nc1ccc(F)cc1F. The van der Waals surface area contributed by atoms with Gasteiger partial charge in [-0.05, 0) is 55.5 Å². The Labute approximate surface area is 171 Å². The molecule has 0 bridgehead atoms. The Morgan fingerprint density at radius 3 is 2.47 bits per heavy atom. The van der Waals surface area contributed by atoms with Crippen molar-refractivity contribution in [2.45, 2.75) is 13.0 Å². The van der Waals surface area contributed by atoms with Gasteiger partial charge in [0.2, 0.25) is 0 Å². The van der Waals surface area contributed by atoms with Crippen LogP contribution in [0.1, 0.15) is 6.92 Å². The number of hydrogen-bond donors (Lipinski definition) is 1.